The lowest BCUT2D eigenvalue weighted by Gasteiger charge is -2.19. The molecule has 124 valence electrons. The number of ether oxygens (including phenoxy) is 1. The molecule has 0 saturated carbocycles. The molecule has 0 radical (unpaired) electrons. The van der Waals surface area contributed by atoms with Crippen molar-refractivity contribution in [2.45, 2.75) is 31.5 Å². The number of carbonyl (C=O) groups is 3. The number of esters is 1. The van der Waals surface area contributed by atoms with Gasteiger partial charge in [-0.3, -0.25) is 9.59 Å². The van der Waals surface area contributed by atoms with E-state index in [-0.39, 0.29) is 19.8 Å². The number of carboxylic acids is 2. The summed E-state index contributed by atoms with van der Waals surface area (Å²) < 4.78 is 4.41. The van der Waals surface area contributed by atoms with Crippen LogP contribution in [0.25, 0.3) is 0 Å². The molecule has 0 spiro atoms. The van der Waals surface area contributed by atoms with E-state index >= 15 is 0 Å². The quantitative estimate of drug-likeness (QED) is 0.263. The van der Waals surface area contributed by atoms with E-state index in [2.05, 4.69) is 4.74 Å². The molecule has 0 aromatic heterocycles. The third-order valence-electron chi connectivity index (χ3n) is 2.01. The van der Waals surface area contributed by atoms with Gasteiger partial charge in [0.05, 0.1) is 32.7 Å². The Morgan fingerprint density at radius 3 is 1.81 bits per heavy atom. The van der Waals surface area contributed by atoms with Gasteiger partial charge in [-0.25, -0.2) is 4.79 Å². The van der Waals surface area contributed by atoms with E-state index in [1.807, 2.05) is 0 Å². The smallest absolute Gasteiger partial charge is 0.336 e. The largest absolute Gasteiger partial charge is 0.481 e. The number of rotatable bonds is 8. The molecule has 1 atom stereocenters. The van der Waals surface area contributed by atoms with Gasteiger partial charge in [-0.2, -0.15) is 0 Å². The van der Waals surface area contributed by atoms with Gasteiger partial charge in [-0.15, -0.1) is 0 Å². The molecular weight excluding hydrogens is 292 g/mol. The van der Waals surface area contributed by atoms with E-state index in [1.165, 1.54) is 6.92 Å². The summed E-state index contributed by atoms with van der Waals surface area (Å²) in [5, 5.41) is 50.3. The van der Waals surface area contributed by atoms with Crippen molar-refractivity contribution in [2.24, 2.45) is 0 Å². The summed E-state index contributed by atoms with van der Waals surface area (Å²) >= 11 is 0. The van der Waals surface area contributed by atoms with Gasteiger partial charge in [-0.1, -0.05) is 0 Å². The monoisotopic (exact) mass is 312 g/mol. The Morgan fingerprint density at radius 2 is 1.57 bits per heavy atom. The molecule has 0 amide bonds. The van der Waals surface area contributed by atoms with Crippen molar-refractivity contribution in [3.63, 3.8) is 0 Å². The molecule has 10 heteroatoms. The van der Waals surface area contributed by atoms with Crippen LogP contribution in [0.3, 0.4) is 0 Å². The second-order valence-electron chi connectivity index (χ2n) is 3.91. The Labute approximate surface area is 120 Å². The minimum absolute atomic E-state index is 0.0294. The van der Waals surface area contributed by atoms with Gasteiger partial charge < -0.3 is 35.4 Å². The van der Waals surface area contributed by atoms with E-state index in [0.717, 1.165) is 0 Å². The van der Waals surface area contributed by atoms with E-state index < -0.39 is 42.5 Å². The maximum atomic E-state index is 10.9. The van der Waals surface area contributed by atoms with Crippen LogP contribution in [0.15, 0.2) is 0 Å². The number of aliphatic hydroxyl groups is 4. The van der Waals surface area contributed by atoms with Gasteiger partial charge in [0.25, 0.3) is 0 Å². The number of hydrogen-bond acceptors (Lipinski definition) is 8. The Bertz CT molecular complexity index is 338. The first-order valence-electron chi connectivity index (χ1n) is 5.85. The van der Waals surface area contributed by atoms with Crippen molar-refractivity contribution in [3.8, 4) is 0 Å². The molecule has 0 rings (SSSR count). The molecule has 0 aromatic rings. The van der Waals surface area contributed by atoms with Crippen molar-refractivity contribution in [1.82, 2.24) is 0 Å². The Hall–Kier alpha value is -1.75. The highest BCUT2D eigenvalue weighted by atomic mass is 16.5. The average Bonchev–Trinajstić information content (AvgIpc) is 2.37. The second kappa shape index (κ2) is 11.0. The Morgan fingerprint density at radius 1 is 1.10 bits per heavy atom. The lowest BCUT2D eigenvalue weighted by Crippen LogP contribution is -2.43. The summed E-state index contributed by atoms with van der Waals surface area (Å²) in [7, 11) is 0. The molecule has 0 bridgehead atoms. The standard InChI is InChI=1S/C8H12O7.C3H8O3/c1-2-15-6(11)4-8(14,7(12)13)3-5(9)10;4-1-3(6)2-5/h14H,2-4H2,1H3,(H,9,10)(H,12,13);3-6H,1-2H2. The van der Waals surface area contributed by atoms with Gasteiger partial charge >= 0.3 is 17.9 Å². The molecule has 1 unspecified atom stereocenters. The molecule has 0 heterocycles. The zero-order valence-electron chi connectivity index (χ0n) is 11.4. The first-order valence-corrected chi connectivity index (χ1v) is 5.85. The van der Waals surface area contributed by atoms with Crippen LogP contribution in [0, 0.1) is 0 Å². The first-order chi connectivity index (χ1) is 9.62. The number of aliphatic hydroxyl groups excluding tert-OH is 3. The molecule has 0 saturated heterocycles. The van der Waals surface area contributed by atoms with Crippen molar-refractivity contribution < 1.29 is 49.8 Å². The lowest BCUT2D eigenvalue weighted by molar-refractivity contribution is -0.171. The average molecular weight is 312 g/mol. The van der Waals surface area contributed by atoms with Gasteiger partial charge in [-0.05, 0) is 6.92 Å². The molecule has 0 aliphatic rings. The van der Waals surface area contributed by atoms with Crippen LogP contribution in [-0.4, -0.2) is 80.1 Å². The minimum atomic E-state index is -2.61. The summed E-state index contributed by atoms with van der Waals surface area (Å²) in [5.74, 6) is -4.23. The zero-order chi connectivity index (χ0) is 17.1. The van der Waals surface area contributed by atoms with Crippen LogP contribution in [0.1, 0.15) is 19.8 Å². The van der Waals surface area contributed by atoms with Crippen LogP contribution in [0.4, 0.5) is 0 Å². The van der Waals surface area contributed by atoms with Crippen molar-refractivity contribution in [2.75, 3.05) is 19.8 Å². The van der Waals surface area contributed by atoms with Crippen molar-refractivity contribution in [1.29, 1.82) is 0 Å². The third-order valence-corrected chi connectivity index (χ3v) is 2.01. The third kappa shape index (κ3) is 10.7. The number of hydrogen-bond donors (Lipinski definition) is 6. The summed E-state index contributed by atoms with van der Waals surface area (Å²) in [4.78, 5) is 31.8. The van der Waals surface area contributed by atoms with Crippen LogP contribution in [0.5, 0.6) is 0 Å². The fourth-order valence-electron chi connectivity index (χ4n) is 0.972. The highest BCUT2D eigenvalue weighted by Crippen LogP contribution is 2.16. The summed E-state index contributed by atoms with van der Waals surface area (Å²) in [6.45, 7) is 0.809. The Balaban J connectivity index is 0. The maximum absolute atomic E-state index is 10.9. The molecule has 0 aliphatic heterocycles. The van der Waals surface area contributed by atoms with Crippen LogP contribution < -0.4 is 0 Å². The molecular formula is C11H20O10. The van der Waals surface area contributed by atoms with Crippen molar-refractivity contribution in [3.05, 3.63) is 0 Å². The molecule has 0 aromatic carbocycles. The fraction of sp³-hybridized carbons (Fsp3) is 0.727. The maximum Gasteiger partial charge on any atom is 0.336 e. The molecule has 0 fully saturated rings. The highest BCUT2D eigenvalue weighted by Gasteiger charge is 2.41. The molecule has 10 nitrogen and oxygen atoms in total. The SMILES string of the molecule is CCOC(=O)CC(O)(CC(=O)O)C(=O)O.OCC(O)CO. The second-order valence-corrected chi connectivity index (χ2v) is 3.91. The highest BCUT2D eigenvalue weighted by molar-refractivity contribution is 5.88. The minimum Gasteiger partial charge on any atom is -0.481 e. The van der Waals surface area contributed by atoms with Gasteiger partial charge in [0.15, 0.2) is 5.60 Å². The lowest BCUT2D eigenvalue weighted by atomic mass is 9.96. The van der Waals surface area contributed by atoms with E-state index in [4.69, 9.17) is 25.5 Å². The number of aliphatic carboxylic acids is 2. The molecule has 21 heavy (non-hydrogen) atoms. The molecule has 6 N–H and O–H groups in total. The number of carbonyl (C=O) groups excluding carboxylic acids is 1. The summed E-state index contributed by atoms with van der Waals surface area (Å²) in [5.41, 5.74) is -2.61. The van der Waals surface area contributed by atoms with Crippen molar-refractivity contribution >= 4 is 17.9 Å². The van der Waals surface area contributed by atoms with Gasteiger partial charge in [0.1, 0.15) is 6.10 Å². The fourth-order valence-corrected chi connectivity index (χ4v) is 0.972. The normalized spacial score (nSPS) is 12.9. The van der Waals surface area contributed by atoms with Crippen LogP contribution >= 0.6 is 0 Å². The van der Waals surface area contributed by atoms with Crippen LogP contribution in [-0.2, 0) is 19.1 Å². The molecule has 0 aliphatic carbocycles. The Kier molecular flexibility index (Phi) is 11.3. The first kappa shape index (κ1) is 21.5. The van der Waals surface area contributed by atoms with E-state index in [0.29, 0.717) is 0 Å². The number of carboxylic acid groups (broad SMARTS) is 2. The van der Waals surface area contributed by atoms with Gasteiger partial charge in [0, 0.05) is 0 Å². The van der Waals surface area contributed by atoms with E-state index in [1.54, 1.807) is 0 Å². The summed E-state index contributed by atoms with van der Waals surface area (Å²) in [6, 6.07) is 0. The zero-order valence-corrected chi connectivity index (χ0v) is 11.4. The predicted molar refractivity (Wildman–Crippen MR) is 66.3 cm³/mol. The van der Waals surface area contributed by atoms with Gasteiger partial charge in [0.2, 0.25) is 0 Å². The predicted octanol–water partition coefficient (Wildman–Crippen LogP) is -2.44. The van der Waals surface area contributed by atoms with E-state index in [9.17, 15) is 19.5 Å². The summed E-state index contributed by atoms with van der Waals surface area (Å²) in [6.07, 6.45) is -2.89. The topological polar surface area (TPSA) is 182 Å². The van der Waals surface area contributed by atoms with Crippen LogP contribution in [0.2, 0.25) is 0 Å².